The van der Waals surface area contributed by atoms with Crippen molar-refractivity contribution in [3.05, 3.63) is 0 Å². The van der Waals surface area contributed by atoms with E-state index in [-0.39, 0.29) is 5.54 Å². The molecule has 0 aromatic heterocycles. The Bertz CT molecular complexity index is 68.5. The molecule has 0 rings (SSSR count). The van der Waals surface area contributed by atoms with Gasteiger partial charge in [-0.3, -0.25) is 0 Å². The first-order valence-electron chi connectivity index (χ1n) is 2.48. The second-order valence-corrected chi connectivity index (χ2v) is 2.98. The van der Waals surface area contributed by atoms with Crippen LogP contribution in [0.5, 0.6) is 0 Å². The predicted octanol–water partition coefficient (Wildman–Crippen LogP) is 1.91. The van der Waals surface area contributed by atoms with E-state index in [0.717, 1.165) is 27.3 Å². The Kier molecular flexibility index (Phi) is 2.96. The Morgan fingerprint density at radius 3 is 2.00 bits per heavy atom. The van der Waals surface area contributed by atoms with Gasteiger partial charge in [0, 0.05) is 0 Å². The zero-order valence-corrected chi connectivity index (χ0v) is 8.31. The van der Waals surface area contributed by atoms with Crippen molar-refractivity contribution in [2.24, 2.45) is 3.34 Å². The molecule has 0 aliphatic carbocycles. The van der Waals surface area contributed by atoms with Crippen LogP contribution in [-0.4, -0.2) is 5.54 Å². The van der Waals surface area contributed by atoms with Crippen LogP contribution >= 0.6 is 0 Å². The first kappa shape index (κ1) is 7.54. The molecule has 0 N–H and O–H groups in total. The van der Waals surface area contributed by atoms with Gasteiger partial charge in [-0.2, -0.15) is 0 Å². The van der Waals surface area contributed by atoms with Crippen LogP contribution in [0.25, 0.3) is 0 Å². The number of rotatable bonds is 2. The average molecular weight is 266 g/mol. The first-order chi connectivity index (χ1) is 3.12. The molecule has 0 aromatic carbocycles. The molecule has 0 amide bonds. The fraction of sp³-hybridized carbons (Fsp3) is 1.00. The van der Waals surface area contributed by atoms with Crippen LogP contribution < -0.4 is 0 Å². The third-order valence-electron chi connectivity index (χ3n) is 1.14. The standard InChI is InChI=1S/C5H11N.Ta/c1-4-5(2,3)6;/h4H2,1-3H3;. The molecule has 0 atom stereocenters. The van der Waals surface area contributed by atoms with Crippen LogP contribution in [-0.2, 0) is 20.9 Å². The molecule has 0 aromatic rings. The van der Waals surface area contributed by atoms with Gasteiger partial charge in [-0.15, -0.1) is 0 Å². The molecule has 7 heavy (non-hydrogen) atoms. The average Bonchev–Trinajstić information content (AvgIpc) is 1.68. The molecule has 0 aliphatic heterocycles. The summed E-state index contributed by atoms with van der Waals surface area (Å²) >= 11 is 1.16. The van der Waals surface area contributed by atoms with Gasteiger partial charge < -0.3 is 0 Å². The van der Waals surface area contributed by atoms with Crippen molar-refractivity contribution >= 4 is 0 Å². The van der Waals surface area contributed by atoms with Crippen LogP contribution in [0.2, 0.25) is 0 Å². The van der Waals surface area contributed by atoms with Crippen molar-refractivity contribution < 1.29 is 20.9 Å². The zero-order chi connectivity index (χ0) is 5.91. The second kappa shape index (κ2) is 2.75. The minimum atomic E-state index is 0.258. The Balaban J connectivity index is 3.58. The van der Waals surface area contributed by atoms with Crippen molar-refractivity contribution in [1.82, 2.24) is 0 Å². The van der Waals surface area contributed by atoms with Gasteiger partial charge in [0.2, 0.25) is 0 Å². The van der Waals surface area contributed by atoms with Gasteiger partial charge in [0.1, 0.15) is 0 Å². The molecule has 0 aliphatic rings. The Morgan fingerprint density at radius 1 is 1.57 bits per heavy atom. The molecular weight excluding hydrogens is 255 g/mol. The third kappa shape index (κ3) is 3.15. The molecule has 0 heterocycles. The summed E-state index contributed by atoms with van der Waals surface area (Å²) in [6.45, 7) is 6.48. The second-order valence-electron chi connectivity index (χ2n) is 2.27. The third-order valence-corrected chi connectivity index (χ3v) is 3.08. The molecular formula is C5H11NTa. The number of hydrogen-bond donors (Lipinski definition) is 0. The molecule has 2 heteroatoms. The van der Waals surface area contributed by atoms with Gasteiger partial charge in [0.15, 0.2) is 0 Å². The molecule has 0 saturated heterocycles. The summed E-state index contributed by atoms with van der Waals surface area (Å²) in [6, 6.07) is 0. The van der Waals surface area contributed by atoms with Gasteiger partial charge in [-0.25, -0.2) is 0 Å². The van der Waals surface area contributed by atoms with Gasteiger partial charge >= 0.3 is 57.0 Å². The molecule has 0 saturated carbocycles. The quantitative estimate of drug-likeness (QED) is 0.724. The van der Waals surface area contributed by atoms with Gasteiger partial charge in [-0.1, -0.05) is 0 Å². The first-order valence-corrected chi connectivity index (χ1v) is 3.92. The van der Waals surface area contributed by atoms with E-state index in [1.165, 1.54) is 0 Å². The summed E-state index contributed by atoms with van der Waals surface area (Å²) in [4.78, 5) is 0. The molecule has 0 spiro atoms. The van der Waals surface area contributed by atoms with Crippen molar-refractivity contribution in [3.63, 3.8) is 0 Å². The molecule has 0 unspecified atom stereocenters. The van der Waals surface area contributed by atoms with Crippen molar-refractivity contribution in [2.75, 3.05) is 0 Å². The summed E-state index contributed by atoms with van der Waals surface area (Å²) in [5, 5.41) is 0. The number of nitrogens with zero attached hydrogens (tertiary/aromatic N) is 1. The fourth-order valence-corrected chi connectivity index (χ4v) is 0.579. The topological polar surface area (TPSA) is 12.4 Å². The minimum absolute atomic E-state index is 0.258. The van der Waals surface area contributed by atoms with E-state index < -0.39 is 0 Å². The van der Waals surface area contributed by atoms with E-state index in [0.29, 0.717) is 0 Å². The molecule has 0 radical (unpaired) electrons. The van der Waals surface area contributed by atoms with Crippen LogP contribution in [0.1, 0.15) is 27.2 Å². The maximum absolute atomic E-state index is 4.25. The van der Waals surface area contributed by atoms with Gasteiger partial charge in [0.25, 0.3) is 0 Å². The maximum atomic E-state index is 4.25. The normalized spacial score (nSPS) is 11.1. The molecule has 41 valence electrons. The summed E-state index contributed by atoms with van der Waals surface area (Å²) < 4.78 is 4.25. The Morgan fingerprint density at radius 2 is 2.00 bits per heavy atom. The molecule has 0 fully saturated rings. The summed E-state index contributed by atoms with van der Waals surface area (Å²) in [6.07, 6.45) is 1.16. The van der Waals surface area contributed by atoms with E-state index in [2.05, 4.69) is 24.1 Å². The van der Waals surface area contributed by atoms with Crippen molar-refractivity contribution in [3.8, 4) is 0 Å². The number of hydrogen-bond acceptors (Lipinski definition) is 1. The summed E-state index contributed by atoms with van der Waals surface area (Å²) in [5.41, 5.74) is 0.258. The zero-order valence-electron chi connectivity index (χ0n) is 5.10. The van der Waals surface area contributed by atoms with Gasteiger partial charge in [-0.05, 0) is 0 Å². The fourth-order valence-electron chi connectivity index (χ4n) is 0.0707. The summed E-state index contributed by atoms with van der Waals surface area (Å²) in [7, 11) is 0. The predicted molar refractivity (Wildman–Crippen MR) is 26.8 cm³/mol. The SMILES string of the molecule is CCC(C)(C)[N]=[Ta]. The van der Waals surface area contributed by atoms with E-state index in [1.54, 1.807) is 0 Å². The van der Waals surface area contributed by atoms with E-state index in [9.17, 15) is 0 Å². The van der Waals surface area contributed by atoms with Crippen LogP contribution in [0, 0.1) is 0 Å². The Hall–Kier alpha value is 0.540. The molecule has 0 bridgehead atoms. The molecule has 1 nitrogen and oxygen atoms in total. The van der Waals surface area contributed by atoms with Gasteiger partial charge in [0.05, 0.1) is 0 Å². The Labute approximate surface area is 57.3 Å². The monoisotopic (exact) mass is 266 g/mol. The van der Waals surface area contributed by atoms with Crippen molar-refractivity contribution in [2.45, 2.75) is 32.7 Å². The van der Waals surface area contributed by atoms with Crippen LogP contribution in [0.3, 0.4) is 0 Å². The van der Waals surface area contributed by atoms with E-state index >= 15 is 0 Å². The van der Waals surface area contributed by atoms with Crippen LogP contribution in [0.15, 0.2) is 3.34 Å². The van der Waals surface area contributed by atoms with E-state index in [1.807, 2.05) is 0 Å². The van der Waals surface area contributed by atoms with Crippen molar-refractivity contribution in [1.29, 1.82) is 0 Å². The van der Waals surface area contributed by atoms with Crippen LogP contribution in [0.4, 0.5) is 0 Å². The summed E-state index contributed by atoms with van der Waals surface area (Å²) in [5.74, 6) is 0. The van der Waals surface area contributed by atoms with E-state index in [4.69, 9.17) is 0 Å².